The number of hydrogen-bond donors (Lipinski definition) is 1. The highest BCUT2D eigenvalue weighted by molar-refractivity contribution is 6.52. The van der Waals surface area contributed by atoms with Crippen molar-refractivity contribution < 1.29 is 14.4 Å². The largest absolute Gasteiger partial charge is 0.359 e. The Morgan fingerprint density at radius 1 is 1.32 bits per heavy atom. The minimum absolute atomic E-state index is 0.154. The van der Waals surface area contributed by atoms with Crippen molar-refractivity contribution in [2.45, 2.75) is 19.8 Å². The zero-order chi connectivity index (χ0) is 14.0. The summed E-state index contributed by atoms with van der Waals surface area (Å²) in [6.07, 6.45) is 0.998. The molecule has 0 spiro atoms. The van der Waals surface area contributed by atoms with E-state index in [9.17, 15) is 14.4 Å². The molecule has 1 aliphatic rings. The monoisotopic (exact) mass is 260 g/mol. The molecular formula is C14H16N2O3. The molecule has 1 aromatic rings. The van der Waals surface area contributed by atoms with Gasteiger partial charge in [-0.15, -0.1) is 0 Å². The van der Waals surface area contributed by atoms with Gasteiger partial charge in [0.1, 0.15) is 0 Å². The lowest BCUT2D eigenvalue weighted by molar-refractivity contribution is -0.120. The first-order valence-corrected chi connectivity index (χ1v) is 6.28. The number of amides is 2. The van der Waals surface area contributed by atoms with E-state index in [1.807, 2.05) is 13.0 Å². The van der Waals surface area contributed by atoms with Crippen molar-refractivity contribution in [3.8, 4) is 0 Å². The molecule has 1 aromatic carbocycles. The smallest absolute Gasteiger partial charge is 0.299 e. The molecule has 5 heteroatoms. The molecule has 0 atom stereocenters. The Labute approximate surface area is 111 Å². The molecule has 100 valence electrons. The van der Waals surface area contributed by atoms with Crippen LogP contribution in [-0.4, -0.2) is 31.2 Å². The van der Waals surface area contributed by atoms with Crippen molar-refractivity contribution in [2.24, 2.45) is 0 Å². The third-order valence-electron chi connectivity index (χ3n) is 3.29. The number of Topliss-reactive ketones (excluding diaryl/α,β-unsaturated/α-hetero) is 1. The van der Waals surface area contributed by atoms with E-state index in [2.05, 4.69) is 5.32 Å². The SMILES string of the molecule is CCc1ccc2c(c1)C(=O)C(=O)N2CCC(=O)NC. The summed E-state index contributed by atoms with van der Waals surface area (Å²) in [5, 5.41) is 2.50. The number of fused-ring (bicyclic) bond motifs is 1. The van der Waals surface area contributed by atoms with Gasteiger partial charge in [0.25, 0.3) is 11.7 Å². The van der Waals surface area contributed by atoms with E-state index < -0.39 is 11.7 Å². The number of carbonyl (C=O) groups is 3. The second kappa shape index (κ2) is 5.22. The van der Waals surface area contributed by atoms with Crippen molar-refractivity contribution >= 4 is 23.3 Å². The molecule has 5 nitrogen and oxygen atoms in total. The lowest BCUT2D eigenvalue weighted by Crippen LogP contribution is -2.33. The Morgan fingerprint density at radius 2 is 2.05 bits per heavy atom. The third kappa shape index (κ3) is 2.36. The van der Waals surface area contributed by atoms with Crippen LogP contribution in [0, 0.1) is 0 Å². The van der Waals surface area contributed by atoms with Crippen molar-refractivity contribution in [1.82, 2.24) is 5.32 Å². The van der Waals surface area contributed by atoms with Gasteiger partial charge in [0.2, 0.25) is 5.91 Å². The maximum atomic E-state index is 11.9. The average Bonchev–Trinajstić information content (AvgIpc) is 2.68. The number of aryl methyl sites for hydroxylation is 1. The van der Waals surface area contributed by atoms with Crippen LogP contribution in [0.1, 0.15) is 29.3 Å². The van der Waals surface area contributed by atoms with Gasteiger partial charge in [0.05, 0.1) is 11.3 Å². The zero-order valence-electron chi connectivity index (χ0n) is 11.0. The molecule has 2 rings (SSSR count). The molecule has 1 heterocycles. The fourth-order valence-corrected chi connectivity index (χ4v) is 2.13. The van der Waals surface area contributed by atoms with E-state index in [-0.39, 0.29) is 18.9 Å². The molecule has 0 fully saturated rings. The van der Waals surface area contributed by atoms with Crippen molar-refractivity contribution in [1.29, 1.82) is 0 Å². The summed E-state index contributed by atoms with van der Waals surface area (Å²) in [6, 6.07) is 5.44. The van der Waals surface area contributed by atoms with E-state index in [1.54, 1.807) is 19.2 Å². The molecule has 19 heavy (non-hydrogen) atoms. The van der Waals surface area contributed by atoms with Crippen LogP contribution in [0.5, 0.6) is 0 Å². The lowest BCUT2D eigenvalue weighted by atomic mass is 10.1. The predicted octanol–water partition coefficient (Wildman–Crippen LogP) is 0.914. The predicted molar refractivity (Wildman–Crippen MR) is 71.2 cm³/mol. The van der Waals surface area contributed by atoms with Gasteiger partial charge in [-0.3, -0.25) is 14.4 Å². The lowest BCUT2D eigenvalue weighted by Gasteiger charge is -2.15. The Balaban J connectivity index is 2.26. The van der Waals surface area contributed by atoms with E-state index in [4.69, 9.17) is 0 Å². The first kappa shape index (κ1) is 13.3. The number of carbonyl (C=O) groups excluding carboxylic acids is 3. The molecule has 0 aliphatic carbocycles. The molecule has 0 saturated heterocycles. The molecule has 0 saturated carbocycles. The van der Waals surface area contributed by atoms with E-state index in [0.717, 1.165) is 12.0 Å². The van der Waals surface area contributed by atoms with E-state index >= 15 is 0 Å². The van der Waals surface area contributed by atoms with Crippen LogP contribution in [0.3, 0.4) is 0 Å². The fourth-order valence-electron chi connectivity index (χ4n) is 2.13. The molecule has 2 amide bonds. The fraction of sp³-hybridized carbons (Fsp3) is 0.357. The second-order valence-corrected chi connectivity index (χ2v) is 4.41. The summed E-state index contributed by atoms with van der Waals surface area (Å²) < 4.78 is 0. The van der Waals surface area contributed by atoms with Crippen LogP contribution in [0.4, 0.5) is 5.69 Å². The van der Waals surface area contributed by atoms with Gasteiger partial charge < -0.3 is 10.2 Å². The number of hydrogen-bond acceptors (Lipinski definition) is 3. The summed E-state index contributed by atoms with van der Waals surface area (Å²) in [4.78, 5) is 36.4. The zero-order valence-corrected chi connectivity index (χ0v) is 11.0. The maximum Gasteiger partial charge on any atom is 0.299 e. The van der Waals surface area contributed by atoms with Gasteiger partial charge in [0.15, 0.2) is 0 Å². The molecule has 0 bridgehead atoms. The molecular weight excluding hydrogens is 244 g/mol. The van der Waals surface area contributed by atoms with Crippen molar-refractivity contribution in [2.75, 3.05) is 18.5 Å². The van der Waals surface area contributed by atoms with Crippen molar-refractivity contribution in [3.63, 3.8) is 0 Å². The molecule has 1 aliphatic heterocycles. The second-order valence-electron chi connectivity index (χ2n) is 4.41. The van der Waals surface area contributed by atoms with Crippen LogP contribution in [0.15, 0.2) is 18.2 Å². The number of nitrogens with zero attached hydrogens (tertiary/aromatic N) is 1. The van der Waals surface area contributed by atoms with Crippen LogP contribution in [0.2, 0.25) is 0 Å². The van der Waals surface area contributed by atoms with Crippen LogP contribution >= 0.6 is 0 Å². The van der Waals surface area contributed by atoms with Crippen LogP contribution in [-0.2, 0) is 16.0 Å². The van der Waals surface area contributed by atoms with Gasteiger partial charge >= 0.3 is 0 Å². The number of anilines is 1. The van der Waals surface area contributed by atoms with Crippen LogP contribution < -0.4 is 10.2 Å². The highest BCUT2D eigenvalue weighted by Gasteiger charge is 2.35. The van der Waals surface area contributed by atoms with Crippen LogP contribution in [0.25, 0.3) is 0 Å². The normalized spacial score (nSPS) is 13.7. The van der Waals surface area contributed by atoms with Gasteiger partial charge in [-0.2, -0.15) is 0 Å². The van der Waals surface area contributed by atoms with E-state index in [1.165, 1.54) is 4.90 Å². The molecule has 0 radical (unpaired) electrons. The highest BCUT2D eigenvalue weighted by Crippen LogP contribution is 2.29. The van der Waals surface area contributed by atoms with E-state index in [0.29, 0.717) is 11.3 Å². The summed E-state index contributed by atoms with van der Waals surface area (Å²) in [5.41, 5.74) is 2.07. The third-order valence-corrected chi connectivity index (χ3v) is 3.29. The quantitative estimate of drug-likeness (QED) is 0.818. The molecule has 1 N–H and O–H groups in total. The number of nitrogens with one attached hydrogen (secondary N) is 1. The van der Waals surface area contributed by atoms with Gasteiger partial charge in [0, 0.05) is 20.0 Å². The molecule has 0 aromatic heterocycles. The average molecular weight is 260 g/mol. The summed E-state index contributed by atoms with van der Waals surface area (Å²) >= 11 is 0. The molecule has 0 unspecified atom stereocenters. The Bertz CT molecular complexity index is 552. The van der Waals surface area contributed by atoms with Crippen molar-refractivity contribution in [3.05, 3.63) is 29.3 Å². The first-order chi connectivity index (χ1) is 9.08. The van der Waals surface area contributed by atoms with Gasteiger partial charge in [-0.25, -0.2) is 0 Å². The Morgan fingerprint density at radius 3 is 2.68 bits per heavy atom. The highest BCUT2D eigenvalue weighted by atomic mass is 16.2. The summed E-state index contributed by atoms with van der Waals surface area (Å²) in [5.74, 6) is -1.19. The summed E-state index contributed by atoms with van der Waals surface area (Å²) in [6.45, 7) is 2.22. The minimum Gasteiger partial charge on any atom is -0.359 e. The minimum atomic E-state index is -0.549. The Kier molecular flexibility index (Phi) is 3.64. The Hall–Kier alpha value is -2.17. The maximum absolute atomic E-state index is 11.9. The summed E-state index contributed by atoms with van der Waals surface area (Å²) in [7, 11) is 1.54. The standard InChI is InChI=1S/C14H16N2O3/c1-3-9-4-5-11-10(8-9)13(18)14(19)16(11)7-6-12(17)15-2/h4-5,8H,3,6-7H2,1-2H3,(H,15,17). The van der Waals surface area contributed by atoms with Gasteiger partial charge in [-0.05, 0) is 24.1 Å². The number of benzene rings is 1. The topological polar surface area (TPSA) is 66.5 Å². The first-order valence-electron chi connectivity index (χ1n) is 6.28. The number of rotatable bonds is 4. The van der Waals surface area contributed by atoms with Gasteiger partial charge in [-0.1, -0.05) is 13.0 Å². The number of ketones is 1.